The average molecular weight is 953 g/mol. The molecule has 336 valence electrons. The summed E-state index contributed by atoms with van der Waals surface area (Å²) in [6, 6.07) is 26.5. The van der Waals surface area contributed by atoms with Crippen molar-refractivity contribution in [2.24, 2.45) is 0 Å². The molecule has 0 bridgehead atoms. The molecule has 6 rings (SSSR count). The van der Waals surface area contributed by atoms with Gasteiger partial charge in [0.25, 0.3) is 0 Å². The van der Waals surface area contributed by atoms with Crippen molar-refractivity contribution in [2.45, 2.75) is 75.0 Å². The topological polar surface area (TPSA) is 264 Å². The van der Waals surface area contributed by atoms with E-state index < -0.39 is 30.0 Å². The van der Waals surface area contributed by atoms with E-state index in [0.29, 0.717) is 13.1 Å². The fourth-order valence-electron chi connectivity index (χ4n) is 6.31. The third-order valence-corrected chi connectivity index (χ3v) is 11.3. The molecule has 2 aromatic heterocycles. The maximum atomic E-state index is 12.6. The second-order valence-corrected chi connectivity index (χ2v) is 17.3. The molecule has 0 spiro atoms. The van der Waals surface area contributed by atoms with Crippen molar-refractivity contribution in [2.75, 3.05) is 45.0 Å². The van der Waals surface area contributed by atoms with Gasteiger partial charge in [-0.1, -0.05) is 113 Å². The van der Waals surface area contributed by atoms with Gasteiger partial charge in [0.1, 0.15) is 20.2 Å². The molecule has 6 aromatic rings. The Balaban J connectivity index is 0.00000476. The first-order chi connectivity index (χ1) is 30.9. The number of aromatic nitrogens is 6. The number of anilines is 10. The minimum atomic E-state index is -5.09. The first-order valence-corrected chi connectivity index (χ1v) is 23.7. The van der Waals surface area contributed by atoms with E-state index >= 15 is 0 Å². The minimum absolute atomic E-state index is 0. The number of benzene rings is 4. The fraction of sp³-hybridized carbons (Fsp3) is 0.273. The van der Waals surface area contributed by atoms with Gasteiger partial charge in [0.05, 0.1) is 9.79 Å². The monoisotopic (exact) mass is 952 g/mol. The van der Waals surface area contributed by atoms with Crippen LogP contribution in [-0.4, -0.2) is 68.9 Å². The van der Waals surface area contributed by atoms with E-state index in [1.165, 1.54) is 36.4 Å². The molecule has 0 saturated carbocycles. The van der Waals surface area contributed by atoms with Gasteiger partial charge in [0.15, 0.2) is 0 Å². The standard InChI is InChI=1S/C44H52N12O6S2.2Na/c1-3-5-7-15-27-45-39-51-41(47-33-17-11-9-12-18-33)55-43(53-39)49-35-25-23-31(37(29-35)63(57,58)59)21-22-32-24-26-36(30-38(32)64(60,61)62)50-44-54-40(46-28-16-8-6-4-2)52-42(56-44)48-34-19-13-10-14-20-34;;/h9-14,17-26,29-30H,3-8,15-16,27-28H2,1-2H3,(H,57,58,59)(H,60,61,62)(H3,45,47,49,51,53,55)(H3,46,48,50,52,54,56);;/q;2*+1/p-2. The van der Waals surface area contributed by atoms with E-state index in [4.69, 9.17) is 0 Å². The number of para-hydroxylation sites is 2. The molecular formula is C44H50N12Na2O6S2. The normalized spacial score (nSPS) is 11.3. The molecule has 22 heteroatoms. The number of rotatable bonds is 24. The zero-order chi connectivity index (χ0) is 45.4. The molecule has 0 aliphatic carbocycles. The van der Waals surface area contributed by atoms with Crippen LogP contribution in [0, 0.1) is 0 Å². The summed E-state index contributed by atoms with van der Waals surface area (Å²) in [5.74, 6) is 1.13. The van der Waals surface area contributed by atoms with Crippen LogP contribution in [0.3, 0.4) is 0 Å². The summed E-state index contributed by atoms with van der Waals surface area (Å²) in [4.78, 5) is 25.5. The Morgan fingerprint density at radius 3 is 1.11 bits per heavy atom. The molecule has 18 nitrogen and oxygen atoms in total. The number of nitrogens with zero attached hydrogens (tertiary/aromatic N) is 6. The van der Waals surface area contributed by atoms with E-state index in [9.17, 15) is 25.9 Å². The maximum Gasteiger partial charge on any atom is 1.00 e. The number of hydrogen-bond donors (Lipinski definition) is 6. The zero-order valence-corrected chi connectivity index (χ0v) is 43.0. The third-order valence-electron chi connectivity index (χ3n) is 9.48. The molecule has 0 fully saturated rings. The van der Waals surface area contributed by atoms with Gasteiger partial charge in [-0.15, -0.1) is 0 Å². The van der Waals surface area contributed by atoms with E-state index in [-0.39, 0.29) is 117 Å². The summed E-state index contributed by atoms with van der Waals surface area (Å²) < 4.78 is 75.7. The molecule has 0 amide bonds. The molecule has 0 aliphatic rings. The van der Waals surface area contributed by atoms with Crippen LogP contribution in [0.1, 0.15) is 76.3 Å². The van der Waals surface area contributed by atoms with Crippen molar-refractivity contribution in [1.29, 1.82) is 0 Å². The van der Waals surface area contributed by atoms with Gasteiger partial charge in [-0.3, -0.25) is 0 Å². The number of nitrogens with one attached hydrogen (secondary N) is 6. The van der Waals surface area contributed by atoms with Gasteiger partial charge in [-0.05, 0) is 72.5 Å². The maximum absolute atomic E-state index is 12.6. The van der Waals surface area contributed by atoms with Crippen LogP contribution in [0.25, 0.3) is 12.2 Å². The first kappa shape index (κ1) is 53.9. The molecular weight excluding hydrogens is 903 g/mol. The van der Waals surface area contributed by atoms with Crippen LogP contribution in [0.5, 0.6) is 0 Å². The fourth-order valence-corrected chi connectivity index (χ4v) is 7.70. The van der Waals surface area contributed by atoms with Crippen molar-refractivity contribution in [3.8, 4) is 0 Å². The quantitative estimate of drug-likeness (QED) is 0.0220. The largest absolute Gasteiger partial charge is 1.00 e. The Morgan fingerprint density at radius 2 is 0.773 bits per heavy atom. The van der Waals surface area contributed by atoms with Crippen LogP contribution in [0.2, 0.25) is 0 Å². The first-order valence-electron chi connectivity index (χ1n) is 20.9. The van der Waals surface area contributed by atoms with Crippen LogP contribution in [0.15, 0.2) is 107 Å². The van der Waals surface area contributed by atoms with Gasteiger partial charge in [0.2, 0.25) is 35.7 Å². The molecule has 6 N–H and O–H groups in total. The average Bonchev–Trinajstić information content (AvgIpc) is 3.26. The minimum Gasteiger partial charge on any atom is -0.744 e. The molecule has 0 saturated heterocycles. The summed E-state index contributed by atoms with van der Waals surface area (Å²) in [5.41, 5.74) is 1.67. The predicted octanol–water partition coefficient (Wildman–Crippen LogP) is 3.00. The molecule has 0 unspecified atom stereocenters. The molecule has 2 heterocycles. The summed E-state index contributed by atoms with van der Waals surface area (Å²) in [7, 11) is -10.2. The number of hydrogen-bond acceptors (Lipinski definition) is 18. The Morgan fingerprint density at radius 1 is 0.439 bits per heavy atom. The second kappa shape index (κ2) is 26.6. The van der Waals surface area contributed by atoms with Crippen LogP contribution in [0.4, 0.5) is 58.4 Å². The molecule has 0 aliphatic heterocycles. The van der Waals surface area contributed by atoms with Gasteiger partial charge >= 0.3 is 59.1 Å². The molecule has 4 aromatic carbocycles. The number of unbranched alkanes of at least 4 members (excludes halogenated alkanes) is 6. The molecule has 0 radical (unpaired) electrons. The van der Waals surface area contributed by atoms with E-state index in [2.05, 4.69) is 75.7 Å². The van der Waals surface area contributed by atoms with Gasteiger partial charge in [-0.25, -0.2) is 16.8 Å². The Hall–Kier alpha value is -4.74. The van der Waals surface area contributed by atoms with Gasteiger partial charge in [-0.2, -0.15) is 29.9 Å². The third kappa shape index (κ3) is 17.2. The van der Waals surface area contributed by atoms with Crippen LogP contribution >= 0.6 is 0 Å². The van der Waals surface area contributed by atoms with Crippen molar-refractivity contribution < 1.29 is 85.1 Å². The summed E-state index contributed by atoms with van der Waals surface area (Å²) in [6.45, 7) is 5.50. The van der Waals surface area contributed by atoms with Crippen molar-refractivity contribution in [1.82, 2.24) is 29.9 Å². The van der Waals surface area contributed by atoms with Crippen molar-refractivity contribution in [3.05, 3.63) is 108 Å². The van der Waals surface area contributed by atoms with Gasteiger partial charge in [0, 0.05) is 35.8 Å². The summed E-state index contributed by atoms with van der Waals surface area (Å²) in [5, 5.41) is 18.6. The second-order valence-electron chi connectivity index (χ2n) is 14.6. The van der Waals surface area contributed by atoms with Gasteiger partial charge < -0.3 is 41.0 Å². The smallest absolute Gasteiger partial charge is 0.744 e. The van der Waals surface area contributed by atoms with E-state index in [1.807, 2.05) is 60.7 Å². The van der Waals surface area contributed by atoms with E-state index in [0.717, 1.165) is 74.9 Å². The van der Waals surface area contributed by atoms with Crippen molar-refractivity contribution in [3.63, 3.8) is 0 Å². The zero-order valence-electron chi connectivity index (χ0n) is 37.4. The Kier molecular flexibility index (Phi) is 21.7. The molecule has 66 heavy (non-hydrogen) atoms. The Bertz CT molecular complexity index is 2560. The molecule has 0 atom stereocenters. The van der Waals surface area contributed by atoms with Crippen LogP contribution in [-0.2, 0) is 20.2 Å². The van der Waals surface area contributed by atoms with Crippen LogP contribution < -0.4 is 91.0 Å². The van der Waals surface area contributed by atoms with E-state index in [1.54, 1.807) is 0 Å². The summed E-state index contributed by atoms with van der Waals surface area (Å²) >= 11 is 0. The van der Waals surface area contributed by atoms with Crippen molar-refractivity contribution >= 4 is 90.8 Å². The predicted molar refractivity (Wildman–Crippen MR) is 249 cm³/mol. The Labute approximate surface area is 430 Å². The SMILES string of the molecule is CCCCCCNc1nc(Nc2ccccc2)nc(Nc2ccc(C=Cc3ccc(Nc4nc(NCCCCCC)nc(Nc5ccccc5)n4)cc3S(=O)(=O)[O-])c(S(=O)(=O)[O-])c2)n1.[Na+].[Na+]. The summed E-state index contributed by atoms with van der Waals surface area (Å²) in [6.07, 6.45) is 10.7.